The number of benzene rings is 3. The van der Waals surface area contributed by atoms with Crippen LogP contribution >= 0.6 is 0 Å². The molecule has 0 saturated carbocycles. The zero-order valence-electron chi connectivity index (χ0n) is 20.9. The second-order valence-electron chi connectivity index (χ2n) is 8.34. The van der Waals surface area contributed by atoms with E-state index in [2.05, 4.69) is 11.5 Å². The summed E-state index contributed by atoms with van der Waals surface area (Å²) >= 11 is 0. The number of methoxy groups -OCH3 is 3. The number of Topliss-reactive ketones (excluding diaryl/α,β-unsaturated/α-hetero) is 1. The molecule has 37 heavy (non-hydrogen) atoms. The third-order valence-electron chi connectivity index (χ3n) is 6.19. The molecule has 0 amide bonds. The van der Waals surface area contributed by atoms with Crippen molar-refractivity contribution in [3.8, 4) is 28.7 Å². The molecule has 1 aromatic heterocycles. The van der Waals surface area contributed by atoms with Crippen LogP contribution in [0.3, 0.4) is 0 Å². The lowest BCUT2D eigenvalue weighted by Gasteiger charge is -2.09. The molecule has 1 aliphatic rings. The number of rotatable bonds is 7. The summed E-state index contributed by atoms with van der Waals surface area (Å²) in [4.78, 5) is 25.8. The van der Waals surface area contributed by atoms with E-state index in [1.807, 2.05) is 24.4 Å². The smallest absolute Gasteiger partial charge is 0.343 e. The summed E-state index contributed by atoms with van der Waals surface area (Å²) in [6, 6.07) is 15.3. The summed E-state index contributed by atoms with van der Waals surface area (Å²) in [5.74, 6) is 1.56. The molecule has 188 valence electrons. The van der Waals surface area contributed by atoms with Gasteiger partial charge >= 0.3 is 5.97 Å². The second kappa shape index (κ2) is 9.73. The van der Waals surface area contributed by atoms with Gasteiger partial charge in [0.25, 0.3) is 0 Å². The largest absolute Gasteiger partial charge is 0.497 e. The van der Waals surface area contributed by atoms with Crippen molar-refractivity contribution in [2.45, 2.75) is 13.5 Å². The number of esters is 1. The topological polar surface area (TPSA) is 85.2 Å². The Labute approximate surface area is 213 Å². The number of carbonyl (C=O) groups excluding carboxylic acids is 2. The number of aromatic nitrogens is 1. The Balaban J connectivity index is 1.42. The summed E-state index contributed by atoms with van der Waals surface area (Å²) in [5.41, 5.74) is 2.52. The minimum Gasteiger partial charge on any atom is -0.497 e. The molecule has 0 N–H and O–H groups in total. The highest BCUT2D eigenvalue weighted by Gasteiger charge is 2.28. The van der Waals surface area contributed by atoms with Gasteiger partial charge in [-0.15, -0.1) is 0 Å². The number of ketones is 1. The Kier molecular flexibility index (Phi) is 6.31. The maximum atomic E-state index is 13.1. The van der Waals surface area contributed by atoms with E-state index in [1.165, 1.54) is 20.3 Å². The molecule has 4 aromatic rings. The maximum Gasteiger partial charge on any atom is 0.343 e. The number of ether oxygens (including phenoxy) is 5. The third-order valence-corrected chi connectivity index (χ3v) is 6.19. The average molecular weight is 500 g/mol. The van der Waals surface area contributed by atoms with E-state index in [0.29, 0.717) is 22.8 Å². The number of hydrogen-bond donors (Lipinski definition) is 0. The minimum atomic E-state index is -0.599. The van der Waals surface area contributed by atoms with E-state index in [-0.39, 0.29) is 22.9 Å². The minimum absolute atomic E-state index is 0.189. The lowest BCUT2D eigenvalue weighted by molar-refractivity contribution is 0.0733. The summed E-state index contributed by atoms with van der Waals surface area (Å²) < 4.78 is 29.4. The van der Waals surface area contributed by atoms with Crippen molar-refractivity contribution < 1.29 is 33.3 Å². The molecule has 0 radical (unpaired) electrons. The van der Waals surface area contributed by atoms with Crippen molar-refractivity contribution in [1.82, 2.24) is 4.57 Å². The molecule has 8 nitrogen and oxygen atoms in total. The van der Waals surface area contributed by atoms with Crippen LogP contribution in [0.15, 0.2) is 66.6 Å². The molecule has 2 heterocycles. The molecule has 3 aromatic carbocycles. The van der Waals surface area contributed by atoms with E-state index >= 15 is 0 Å². The average Bonchev–Trinajstić information content (AvgIpc) is 3.44. The van der Waals surface area contributed by atoms with Crippen LogP contribution in [-0.4, -0.2) is 37.6 Å². The lowest BCUT2D eigenvalue weighted by atomic mass is 10.1. The Morgan fingerprint density at radius 1 is 0.892 bits per heavy atom. The Bertz CT molecular complexity index is 1540. The van der Waals surface area contributed by atoms with Crippen molar-refractivity contribution in [2.75, 3.05) is 21.3 Å². The van der Waals surface area contributed by atoms with Crippen molar-refractivity contribution >= 4 is 28.7 Å². The zero-order valence-corrected chi connectivity index (χ0v) is 20.9. The van der Waals surface area contributed by atoms with Crippen molar-refractivity contribution in [1.29, 1.82) is 0 Å². The fourth-order valence-corrected chi connectivity index (χ4v) is 4.27. The number of hydrogen-bond acceptors (Lipinski definition) is 7. The van der Waals surface area contributed by atoms with Crippen LogP contribution in [0.1, 0.15) is 33.2 Å². The first-order chi connectivity index (χ1) is 17.9. The molecule has 8 heteroatoms. The van der Waals surface area contributed by atoms with Gasteiger partial charge in [0.15, 0.2) is 5.76 Å². The predicted molar refractivity (Wildman–Crippen MR) is 138 cm³/mol. The van der Waals surface area contributed by atoms with Crippen LogP contribution in [0.4, 0.5) is 0 Å². The van der Waals surface area contributed by atoms with Crippen LogP contribution in [0.25, 0.3) is 17.0 Å². The molecule has 0 atom stereocenters. The number of aryl methyl sites for hydroxylation is 1. The first kappa shape index (κ1) is 24.0. The SMILES string of the molecule is CCn1cc(C=C2Oc3cc(OC(=O)c4cc(OC)cc(OC)c4)ccc3C2=O)c2cc(OC)ccc21. The quantitative estimate of drug-likeness (QED) is 0.188. The Hall–Kier alpha value is -4.72. The fraction of sp³-hybridized carbons (Fsp3) is 0.172. The van der Waals surface area contributed by atoms with Gasteiger partial charge < -0.3 is 28.3 Å². The molecule has 0 bridgehead atoms. The van der Waals surface area contributed by atoms with Gasteiger partial charge in [-0.1, -0.05) is 0 Å². The molecular formula is C29H25NO7. The number of nitrogens with zero attached hydrogens (tertiary/aromatic N) is 1. The Morgan fingerprint density at radius 2 is 1.59 bits per heavy atom. The third kappa shape index (κ3) is 4.49. The number of fused-ring (bicyclic) bond motifs is 2. The maximum absolute atomic E-state index is 13.1. The molecule has 0 aliphatic carbocycles. The Morgan fingerprint density at radius 3 is 2.27 bits per heavy atom. The number of allylic oxidation sites excluding steroid dienone is 1. The van der Waals surface area contributed by atoms with Crippen LogP contribution < -0.4 is 23.7 Å². The van der Waals surface area contributed by atoms with Crippen molar-refractivity contribution in [2.24, 2.45) is 0 Å². The summed E-state index contributed by atoms with van der Waals surface area (Å²) in [6.07, 6.45) is 3.71. The first-order valence-corrected chi connectivity index (χ1v) is 11.6. The van der Waals surface area contributed by atoms with Crippen LogP contribution in [0.2, 0.25) is 0 Å². The second-order valence-corrected chi connectivity index (χ2v) is 8.34. The zero-order chi connectivity index (χ0) is 26.1. The molecule has 0 fully saturated rings. The monoisotopic (exact) mass is 499 g/mol. The summed E-state index contributed by atoms with van der Waals surface area (Å²) in [6.45, 7) is 2.83. The van der Waals surface area contributed by atoms with Gasteiger partial charge in [0, 0.05) is 41.3 Å². The van der Waals surface area contributed by atoms with Gasteiger partial charge in [0.2, 0.25) is 5.78 Å². The van der Waals surface area contributed by atoms with Crippen molar-refractivity contribution in [3.05, 3.63) is 83.2 Å². The van der Waals surface area contributed by atoms with Gasteiger partial charge in [0.05, 0.1) is 32.5 Å². The number of carbonyl (C=O) groups is 2. The van der Waals surface area contributed by atoms with Crippen molar-refractivity contribution in [3.63, 3.8) is 0 Å². The fourth-order valence-electron chi connectivity index (χ4n) is 4.27. The molecule has 0 unspecified atom stereocenters. The van der Waals surface area contributed by atoms with Gasteiger partial charge in [-0.2, -0.15) is 0 Å². The highest BCUT2D eigenvalue weighted by atomic mass is 16.5. The normalized spacial score (nSPS) is 13.4. The van der Waals surface area contributed by atoms with Crippen LogP contribution in [0.5, 0.6) is 28.7 Å². The van der Waals surface area contributed by atoms with Crippen LogP contribution in [-0.2, 0) is 6.54 Å². The first-order valence-electron chi connectivity index (χ1n) is 11.6. The van der Waals surface area contributed by atoms with Gasteiger partial charge in [-0.25, -0.2) is 4.79 Å². The predicted octanol–water partition coefficient (Wildman–Crippen LogP) is 5.52. The van der Waals surface area contributed by atoms with Crippen LogP contribution in [0, 0.1) is 0 Å². The van der Waals surface area contributed by atoms with E-state index in [0.717, 1.165) is 28.8 Å². The molecular weight excluding hydrogens is 474 g/mol. The molecule has 5 rings (SSSR count). The van der Waals surface area contributed by atoms with Gasteiger partial charge in [-0.05, 0) is 55.5 Å². The molecule has 1 aliphatic heterocycles. The summed E-state index contributed by atoms with van der Waals surface area (Å²) in [5, 5.41) is 0.949. The lowest BCUT2D eigenvalue weighted by Crippen LogP contribution is -2.09. The highest BCUT2D eigenvalue weighted by molar-refractivity contribution is 6.15. The van der Waals surface area contributed by atoms with Gasteiger partial charge in [-0.3, -0.25) is 4.79 Å². The standard InChI is InChI=1S/C29H25NO7/c1-5-30-16-18(24-14-19(33-2)7-9-25(24)30)12-27-28(31)23-8-6-20(15-26(23)37-27)36-29(32)17-10-21(34-3)13-22(11-17)35-4/h6-16H,5H2,1-4H3. The summed E-state index contributed by atoms with van der Waals surface area (Å²) in [7, 11) is 4.62. The van der Waals surface area contributed by atoms with E-state index in [1.54, 1.807) is 43.5 Å². The van der Waals surface area contributed by atoms with E-state index < -0.39 is 5.97 Å². The van der Waals surface area contributed by atoms with E-state index in [9.17, 15) is 9.59 Å². The van der Waals surface area contributed by atoms with Gasteiger partial charge in [0.1, 0.15) is 28.7 Å². The molecule has 0 saturated heterocycles. The highest BCUT2D eigenvalue weighted by Crippen LogP contribution is 2.36. The van der Waals surface area contributed by atoms with E-state index in [4.69, 9.17) is 23.7 Å². The molecule has 0 spiro atoms.